The number of rotatable bonds is 4. The Morgan fingerprint density at radius 2 is 2.00 bits per heavy atom. The van der Waals surface area contributed by atoms with E-state index in [0.717, 1.165) is 6.54 Å². The van der Waals surface area contributed by atoms with E-state index in [1.807, 2.05) is 11.8 Å². The van der Waals surface area contributed by atoms with Gasteiger partial charge in [0.15, 0.2) is 0 Å². The second kappa shape index (κ2) is 6.67. The fourth-order valence-electron chi connectivity index (χ4n) is 3.18. The van der Waals surface area contributed by atoms with Crippen LogP contribution in [-0.2, 0) is 6.42 Å². The van der Waals surface area contributed by atoms with Gasteiger partial charge in [-0.25, -0.2) is 0 Å². The SMILES string of the molecule is CCNC1c2ccccc2CCC1Sc1cccc(C)c1. The molecule has 0 radical (unpaired) electrons. The molecule has 2 atom stereocenters. The Bertz CT molecular complexity index is 608. The van der Waals surface area contributed by atoms with E-state index in [2.05, 4.69) is 67.7 Å². The van der Waals surface area contributed by atoms with Gasteiger partial charge in [-0.1, -0.05) is 48.9 Å². The second-order valence-electron chi connectivity index (χ2n) is 5.75. The summed E-state index contributed by atoms with van der Waals surface area (Å²) in [4.78, 5) is 1.39. The zero-order valence-corrected chi connectivity index (χ0v) is 13.6. The topological polar surface area (TPSA) is 12.0 Å². The largest absolute Gasteiger partial charge is 0.309 e. The van der Waals surface area contributed by atoms with E-state index in [9.17, 15) is 0 Å². The molecule has 21 heavy (non-hydrogen) atoms. The lowest BCUT2D eigenvalue weighted by atomic mass is 9.87. The Hall–Kier alpha value is -1.25. The van der Waals surface area contributed by atoms with Crippen molar-refractivity contribution in [3.05, 3.63) is 65.2 Å². The third kappa shape index (κ3) is 3.33. The Morgan fingerprint density at radius 3 is 2.81 bits per heavy atom. The number of hydrogen-bond acceptors (Lipinski definition) is 2. The molecule has 2 heteroatoms. The molecule has 1 N–H and O–H groups in total. The Morgan fingerprint density at radius 1 is 1.14 bits per heavy atom. The van der Waals surface area contributed by atoms with E-state index in [-0.39, 0.29) is 0 Å². The highest BCUT2D eigenvalue weighted by molar-refractivity contribution is 8.00. The number of benzene rings is 2. The van der Waals surface area contributed by atoms with Gasteiger partial charge in [0.25, 0.3) is 0 Å². The molecule has 0 saturated carbocycles. The number of fused-ring (bicyclic) bond motifs is 1. The van der Waals surface area contributed by atoms with Crippen LogP contribution in [-0.4, -0.2) is 11.8 Å². The number of hydrogen-bond donors (Lipinski definition) is 1. The van der Waals surface area contributed by atoms with Gasteiger partial charge in [-0.2, -0.15) is 0 Å². The van der Waals surface area contributed by atoms with Crippen LogP contribution in [0.2, 0.25) is 0 Å². The summed E-state index contributed by atoms with van der Waals surface area (Å²) in [6.45, 7) is 5.39. The summed E-state index contributed by atoms with van der Waals surface area (Å²) in [5.41, 5.74) is 4.36. The van der Waals surface area contributed by atoms with Gasteiger partial charge in [0.2, 0.25) is 0 Å². The molecular formula is C19H23NS. The molecule has 1 aliphatic carbocycles. The monoisotopic (exact) mass is 297 g/mol. The van der Waals surface area contributed by atoms with Gasteiger partial charge in [-0.15, -0.1) is 11.8 Å². The van der Waals surface area contributed by atoms with Crippen molar-refractivity contribution < 1.29 is 0 Å². The minimum atomic E-state index is 0.463. The summed E-state index contributed by atoms with van der Waals surface area (Å²) >= 11 is 2.03. The van der Waals surface area contributed by atoms with Crippen LogP contribution >= 0.6 is 11.8 Å². The van der Waals surface area contributed by atoms with Crippen LogP contribution in [0.15, 0.2) is 53.4 Å². The Kier molecular flexibility index (Phi) is 4.67. The first kappa shape index (κ1) is 14.7. The van der Waals surface area contributed by atoms with Gasteiger partial charge in [-0.3, -0.25) is 0 Å². The lowest BCUT2D eigenvalue weighted by Crippen LogP contribution is -2.34. The van der Waals surface area contributed by atoms with Crippen molar-refractivity contribution in [2.45, 2.75) is 42.9 Å². The lowest BCUT2D eigenvalue weighted by Gasteiger charge is -2.34. The Balaban J connectivity index is 1.85. The average molecular weight is 297 g/mol. The molecule has 0 amide bonds. The maximum atomic E-state index is 3.70. The van der Waals surface area contributed by atoms with E-state index in [1.54, 1.807) is 0 Å². The molecule has 0 aliphatic heterocycles. The molecule has 0 bridgehead atoms. The number of thioether (sulfide) groups is 1. The summed E-state index contributed by atoms with van der Waals surface area (Å²) in [6.07, 6.45) is 2.44. The second-order valence-corrected chi connectivity index (χ2v) is 7.06. The zero-order chi connectivity index (χ0) is 14.7. The van der Waals surface area contributed by atoms with E-state index in [0.29, 0.717) is 11.3 Å². The molecule has 0 spiro atoms. The molecule has 2 aromatic rings. The van der Waals surface area contributed by atoms with Crippen LogP contribution in [0.5, 0.6) is 0 Å². The van der Waals surface area contributed by atoms with Crippen molar-refractivity contribution in [3.63, 3.8) is 0 Å². The summed E-state index contributed by atoms with van der Waals surface area (Å²) in [5.74, 6) is 0. The van der Waals surface area contributed by atoms with Crippen molar-refractivity contribution in [2.24, 2.45) is 0 Å². The van der Waals surface area contributed by atoms with Crippen LogP contribution in [0.3, 0.4) is 0 Å². The number of nitrogens with one attached hydrogen (secondary N) is 1. The highest BCUT2D eigenvalue weighted by Gasteiger charge is 2.29. The predicted molar refractivity (Wildman–Crippen MR) is 92.0 cm³/mol. The highest BCUT2D eigenvalue weighted by Crippen LogP contribution is 2.40. The van der Waals surface area contributed by atoms with Gasteiger partial charge >= 0.3 is 0 Å². The molecule has 110 valence electrons. The molecule has 3 rings (SSSR count). The van der Waals surface area contributed by atoms with Crippen molar-refractivity contribution in [2.75, 3.05) is 6.54 Å². The van der Waals surface area contributed by atoms with Crippen LogP contribution in [0.4, 0.5) is 0 Å². The smallest absolute Gasteiger partial charge is 0.0446 e. The predicted octanol–water partition coefficient (Wildman–Crippen LogP) is 4.75. The van der Waals surface area contributed by atoms with E-state index < -0.39 is 0 Å². The van der Waals surface area contributed by atoms with Gasteiger partial charge < -0.3 is 5.32 Å². The van der Waals surface area contributed by atoms with Crippen molar-refractivity contribution in [3.8, 4) is 0 Å². The summed E-state index contributed by atoms with van der Waals surface area (Å²) in [5, 5.41) is 4.32. The first-order valence-electron chi connectivity index (χ1n) is 7.82. The van der Waals surface area contributed by atoms with E-state index in [4.69, 9.17) is 0 Å². The standard InChI is InChI=1S/C19H23NS/c1-3-20-19-17-10-5-4-8-15(17)11-12-18(19)21-16-9-6-7-14(2)13-16/h4-10,13,18-20H,3,11-12H2,1-2H3. The van der Waals surface area contributed by atoms with E-state index in [1.165, 1.54) is 34.4 Å². The van der Waals surface area contributed by atoms with Crippen LogP contribution in [0.1, 0.15) is 36.1 Å². The van der Waals surface area contributed by atoms with Crippen LogP contribution < -0.4 is 5.32 Å². The minimum Gasteiger partial charge on any atom is -0.309 e. The molecule has 1 aliphatic rings. The summed E-state index contributed by atoms with van der Waals surface area (Å²) in [7, 11) is 0. The summed E-state index contributed by atoms with van der Waals surface area (Å²) in [6, 6.07) is 18.2. The molecule has 0 fully saturated rings. The lowest BCUT2D eigenvalue weighted by molar-refractivity contribution is 0.484. The Labute approximate surface area is 132 Å². The van der Waals surface area contributed by atoms with Crippen molar-refractivity contribution >= 4 is 11.8 Å². The van der Waals surface area contributed by atoms with Crippen molar-refractivity contribution in [1.29, 1.82) is 0 Å². The van der Waals surface area contributed by atoms with Gasteiger partial charge in [0.1, 0.15) is 0 Å². The third-order valence-electron chi connectivity index (χ3n) is 4.16. The summed E-state index contributed by atoms with van der Waals surface area (Å²) < 4.78 is 0. The van der Waals surface area contributed by atoms with Gasteiger partial charge in [0, 0.05) is 16.2 Å². The molecule has 0 heterocycles. The molecule has 2 unspecified atom stereocenters. The highest BCUT2D eigenvalue weighted by atomic mass is 32.2. The molecule has 0 aromatic heterocycles. The van der Waals surface area contributed by atoms with Crippen molar-refractivity contribution in [1.82, 2.24) is 5.32 Å². The number of aryl methyl sites for hydroxylation is 2. The third-order valence-corrected chi connectivity index (χ3v) is 5.50. The molecule has 0 saturated heterocycles. The first-order valence-corrected chi connectivity index (χ1v) is 8.70. The van der Waals surface area contributed by atoms with E-state index >= 15 is 0 Å². The van der Waals surface area contributed by atoms with Gasteiger partial charge in [-0.05, 0) is 49.6 Å². The minimum absolute atomic E-state index is 0.463. The molecular weight excluding hydrogens is 274 g/mol. The van der Waals surface area contributed by atoms with Gasteiger partial charge in [0.05, 0.1) is 0 Å². The maximum Gasteiger partial charge on any atom is 0.0446 e. The fourth-order valence-corrected chi connectivity index (χ4v) is 4.56. The zero-order valence-electron chi connectivity index (χ0n) is 12.8. The normalized spacial score (nSPS) is 21.0. The average Bonchev–Trinajstić information content (AvgIpc) is 2.50. The fraction of sp³-hybridized carbons (Fsp3) is 0.368. The quantitative estimate of drug-likeness (QED) is 0.874. The molecule has 2 aromatic carbocycles. The van der Waals surface area contributed by atoms with Crippen LogP contribution in [0.25, 0.3) is 0 Å². The molecule has 1 nitrogen and oxygen atoms in total. The maximum absolute atomic E-state index is 3.70. The first-order chi connectivity index (χ1) is 10.3. The van der Waals surface area contributed by atoms with Crippen LogP contribution in [0, 0.1) is 6.92 Å².